The Morgan fingerprint density at radius 2 is 2.06 bits per heavy atom. The summed E-state index contributed by atoms with van der Waals surface area (Å²) in [6.45, 7) is 1.13. The summed E-state index contributed by atoms with van der Waals surface area (Å²) in [5, 5.41) is 2.60. The van der Waals surface area contributed by atoms with Crippen LogP contribution in [0.4, 0.5) is 5.69 Å². The van der Waals surface area contributed by atoms with Gasteiger partial charge >= 0.3 is 0 Å². The highest BCUT2D eigenvalue weighted by atomic mass is 16.5. The highest BCUT2D eigenvalue weighted by Crippen LogP contribution is 2.40. The van der Waals surface area contributed by atoms with E-state index in [4.69, 9.17) is 4.74 Å². The van der Waals surface area contributed by atoms with Crippen LogP contribution in [0.2, 0.25) is 0 Å². The van der Waals surface area contributed by atoms with Gasteiger partial charge in [-0.3, -0.25) is 0 Å². The molecule has 0 saturated carbocycles. The summed E-state index contributed by atoms with van der Waals surface area (Å²) in [4.78, 5) is 2.35. The first kappa shape index (κ1) is 10.5. The predicted octanol–water partition coefficient (Wildman–Crippen LogP) is 3.23. The molecule has 3 rings (SSSR count). The van der Waals surface area contributed by atoms with Crippen LogP contribution in [-0.4, -0.2) is 20.7 Å². The van der Waals surface area contributed by atoms with E-state index in [0.29, 0.717) is 0 Å². The zero-order valence-corrected chi connectivity index (χ0v) is 10.4. The van der Waals surface area contributed by atoms with Gasteiger partial charge in [0.15, 0.2) is 0 Å². The molecule has 0 bridgehead atoms. The maximum atomic E-state index is 5.54. The van der Waals surface area contributed by atoms with Gasteiger partial charge in [-0.15, -0.1) is 0 Å². The largest absolute Gasteiger partial charge is 0.496 e. The molecule has 17 heavy (non-hydrogen) atoms. The molecule has 88 valence electrons. The Hall–Kier alpha value is -1.70. The molecule has 1 heterocycles. The van der Waals surface area contributed by atoms with E-state index >= 15 is 0 Å². The third kappa shape index (κ3) is 1.55. The number of hydrogen-bond donors (Lipinski definition) is 0. The van der Waals surface area contributed by atoms with Crippen molar-refractivity contribution < 1.29 is 4.74 Å². The normalized spacial score (nSPS) is 14.8. The molecule has 2 heteroatoms. The quantitative estimate of drug-likeness (QED) is 0.741. The minimum absolute atomic E-state index is 1.03. The number of anilines is 1. The fourth-order valence-corrected chi connectivity index (χ4v) is 2.81. The van der Waals surface area contributed by atoms with Crippen LogP contribution in [0.1, 0.15) is 12.0 Å². The van der Waals surface area contributed by atoms with Gasteiger partial charge < -0.3 is 9.64 Å². The number of methoxy groups -OCH3 is 1. The SMILES string of the molecule is COc1cc2ccccc2c2c1CCCN2C. The van der Waals surface area contributed by atoms with Crippen LogP contribution in [0, 0.1) is 0 Å². The first-order valence-electron chi connectivity index (χ1n) is 6.11. The summed E-state index contributed by atoms with van der Waals surface area (Å²) < 4.78 is 5.54. The van der Waals surface area contributed by atoms with Crippen molar-refractivity contribution in [2.75, 3.05) is 25.6 Å². The second-order valence-corrected chi connectivity index (χ2v) is 4.65. The lowest BCUT2D eigenvalue weighted by molar-refractivity contribution is 0.409. The van der Waals surface area contributed by atoms with E-state index in [1.165, 1.54) is 28.4 Å². The molecule has 0 amide bonds. The lowest BCUT2D eigenvalue weighted by Gasteiger charge is -2.30. The van der Waals surface area contributed by atoms with Crippen molar-refractivity contribution in [1.82, 2.24) is 0 Å². The van der Waals surface area contributed by atoms with E-state index in [1.807, 2.05) is 0 Å². The number of rotatable bonds is 1. The minimum atomic E-state index is 1.03. The van der Waals surface area contributed by atoms with Crippen LogP contribution >= 0.6 is 0 Å². The summed E-state index contributed by atoms with van der Waals surface area (Å²) in [6.07, 6.45) is 2.33. The number of fused-ring (bicyclic) bond motifs is 3. The minimum Gasteiger partial charge on any atom is -0.496 e. The Labute approximate surface area is 102 Å². The molecule has 0 radical (unpaired) electrons. The van der Waals surface area contributed by atoms with Crippen LogP contribution in [0.3, 0.4) is 0 Å². The molecule has 1 aliphatic rings. The van der Waals surface area contributed by atoms with Gasteiger partial charge in [0.05, 0.1) is 12.8 Å². The fourth-order valence-electron chi connectivity index (χ4n) is 2.81. The van der Waals surface area contributed by atoms with E-state index in [-0.39, 0.29) is 0 Å². The fraction of sp³-hybridized carbons (Fsp3) is 0.333. The summed E-state index contributed by atoms with van der Waals surface area (Å²) in [6, 6.07) is 10.7. The van der Waals surface area contributed by atoms with Crippen molar-refractivity contribution in [2.45, 2.75) is 12.8 Å². The highest BCUT2D eigenvalue weighted by molar-refractivity contribution is 5.98. The maximum Gasteiger partial charge on any atom is 0.124 e. The zero-order chi connectivity index (χ0) is 11.8. The number of benzene rings is 2. The van der Waals surface area contributed by atoms with E-state index in [1.54, 1.807) is 7.11 Å². The van der Waals surface area contributed by atoms with Crippen molar-refractivity contribution >= 4 is 16.5 Å². The molecule has 0 atom stereocenters. The van der Waals surface area contributed by atoms with Crippen molar-refractivity contribution in [3.63, 3.8) is 0 Å². The molecule has 2 nitrogen and oxygen atoms in total. The van der Waals surface area contributed by atoms with Gasteiger partial charge in [0, 0.05) is 24.5 Å². The summed E-state index contributed by atoms with van der Waals surface area (Å²) >= 11 is 0. The van der Waals surface area contributed by atoms with Gasteiger partial charge in [-0.2, -0.15) is 0 Å². The standard InChI is InChI=1S/C15H17NO/c1-16-9-5-8-13-14(17-2)10-11-6-3-4-7-12(11)15(13)16/h3-4,6-7,10H,5,8-9H2,1-2H3. The molecule has 0 aliphatic carbocycles. The predicted molar refractivity (Wildman–Crippen MR) is 72.1 cm³/mol. The third-order valence-corrected chi connectivity index (χ3v) is 3.61. The van der Waals surface area contributed by atoms with Crippen molar-refractivity contribution in [1.29, 1.82) is 0 Å². The molecular formula is C15H17NO. The molecule has 0 N–H and O–H groups in total. The molecule has 0 saturated heterocycles. The number of nitrogens with zero attached hydrogens (tertiary/aromatic N) is 1. The average Bonchev–Trinajstić information content (AvgIpc) is 2.38. The molecule has 0 unspecified atom stereocenters. The van der Waals surface area contributed by atoms with Gasteiger partial charge in [-0.25, -0.2) is 0 Å². The van der Waals surface area contributed by atoms with Gasteiger partial charge in [0.1, 0.15) is 5.75 Å². The van der Waals surface area contributed by atoms with Crippen LogP contribution in [-0.2, 0) is 6.42 Å². The average molecular weight is 227 g/mol. The lowest BCUT2D eigenvalue weighted by Crippen LogP contribution is -2.25. The zero-order valence-electron chi connectivity index (χ0n) is 10.4. The summed E-state index contributed by atoms with van der Waals surface area (Å²) in [5.41, 5.74) is 2.71. The van der Waals surface area contributed by atoms with Crippen LogP contribution in [0.25, 0.3) is 10.8 Å². The Morgan fingerprint density at radius 1 is 1.24 bits per heavy atom. The first-order valence-corrected chi connectivity index (χ1v) is 6.11. The maximum absolute atomic E-state index is 5.54. The van der Waals surface area contributed by atoms with Crippen molar-refractivity contribution in [2.24, 2.45) is 0 Å². The van der Waals surface area contributed by atoms with Crippen LogP contribution < -0.4 is 9.64 Å². The highest BCUT2D eigenvalue weighted by Gasteiger charge is 2.20. The second-order valence-electron chi connectivity index (χ2n) is 4.65. The van der Waals surface area contributed by atoms with Crippen molar-refractivity contribution in [3.8, 4) is 5.75 Å². The molecule has 2 aromatic rings. The first-order chi connectivity index (χ1) is 8.31. The number of ether oxygens (including phenoxy) is 1. The Balaban J connectivity index is 2.38. The van der Waals surface area contributed by atoms with Gasteiger partial charge in [0.2, 0.25) is 0 Å². The molecular weight excluding hydrogens is 210 g/mol. The van der Waals surface area contributed by atoms with E-state index in [0.717, 1.165) is 18.7 Å². The van der Waals surface area contributed by atoms with Crippen molar-refractivity contribution in [3.05, 3.63) is 35.9 Å². The Bertz CT molecular complexity index is 562. The van der Waals surface area contributed by atoms with Crippen LogP contribution in [0.15, 0.2) is 30.3 Å². The second kappa shape index (κ2) is 3.95. The molecule has 0 aromatic heterocycles. The van der Waals surface area contributed by atoms with E-state index in [2.05, 4.69) is 42.3 Å². The topological polar surface area (TPSA) is 12.5 Å². The molecule has 2 aromatic carbocycles. The van der Waals surface area contributed by atoms with Gasteiger partial charge in [0.25, 0.3) is 0 Å². The number of hydrogen-bond acceptors (Lipinski definition) is 2. The van der Waals surface area contributed by atoms with E-state index in [9.17, 15) is 0 Å². The monoisotopic (exact) mass is 227 g/mol. The van der Waals surface area contributed by atoms with E-state index < -0.39 is 0 Å². The summed E-state index contributed by atoms with van der Waals surface area (Å²) in [5.74, 6) is 1.03. The summed E-state index contributed by atoms with van der Waals surface area (Å²) in [7, 11) is 3.93. The van der Waals surface area contributed by atoms with Crippen LogP contribution in [0.5, 0.6) is 5.75 Å². The Morgan fingerprint density at radius 3 is 2.88 bits per heavy atom. The molecule has 1 aliphatic heterocycles. The molecule has 0 fully saturated rings. The lowest BCUT2D eigenvalue weighted by atomic mass is 9.95. The van der Waals surface area contributed by atoms with Gasteiger partial charge in [-0.1, -0.05) is 24.3 Å². The molecule has 0 spiro atoms. The third-order valence-electron chi connectivity index (χ3n) is 3.61. The smallest absolute Gasteiger partial charge is 0.124 e. The van der Waals surface area contributed by atoms with Gasteiger partial charge in [-0.05, 0) is 24.3 Å². The Kier molecular flexibility index (Phi) is 2.43.